The highest BCUT2D eigenvalue weighted by atomic mass is 32.1. The fourth-order valence-corrected chi connectivity index (χ4v) is 2.57. The summed E-state index contributed by atoms with van der Waals surface area (Å²) >= 11 is 5.31. The largest absolute Gasteiger partial charge is 0.490 e. The van der Waals surface area contributed by atoms with Crippen LogP contribution in [-0.2, 0) is 0 Å². The van der Waals surface area contributed by atoms with Crippen LogP contribution < -0.4 is 20.5 Å². The lowest BCUT2D eigenvalue weighted by Crippen LogP contribution is -2.42. The molecule has 1 aliphatic heterocycles. The molecule has 1 fully saturated rings. The van der Waals surface area contributed by atoms with Crippen LogP contribution in [0.3, 0.4) is 0 Å². The molecule has 0 bridgehead atoms. The number of rotatable bonds is 5. The summed E-state index contributed by atoms with van der Waals surface area (Å²) in [5, 5.41) is 9.46. The van der Waals surface area contributed by atoms with Gasteiger partial charge in [-0.25, -0.2) is 10.2 Å². The molecule has 0 aliphatic carbocycles. The Morgan fingerprint density at radius 1 is 1.17 bits per heavy atom. The smallest absolute Gasteiger partial charge is 0.335 e. The molecular formula is C16H15N3O3S. The van der Waals surface area contributed by atoms with E-state index in [4.69, 9.17) is 22.1 Å². The molecule has 23 heavy (non-hydrogen) atoms. The van der Waals surface area contributed by atoms with Gasteiger partial charge in [-0.3, -0.25) is 10.3 Å². The first kappa shape index (κ1) is 15.3. The topological polar surface area (TPSA) is 73.8 Å². The summed E-state index contributed by atoms with van der Waals surface area (Å²) in [4.78, 5) is 12.8. The van der Waals surface area contributed by atoms with Gasteiger partial charge in [0.15, 0.2) is 5.11 Å². The first-order chi connectivity index (χ1) is 11.1. The van der Waals surface area contributed by atoms with E-state index in [-0.39, 0.29) is 11.7 Å². The Balaban J connectivity index is 1.67. The van der Waals surface area contributed by atoms with Gasteiger partial charge in [0.05, 0.1) is 5.56 Å². The van der Waals surface area contributed by atoms with Crippen molar-refractivity contribution < 1.29 is 14.6 Å². The molecule has 1 unspecified atom stereocenters. The third-order valence-electron chi connectivity index (χ3n) is 3.42. The van der Waals surface area contributed by atoms with E-state index in [0.29, 0.717) is 17.5 Å². The lowest BCUT2D eigenvalue weighted by atomic mass is 10.2. The standard InChI is InChI=1S/C16H15N3O3S/c20-15(21)11-6-8-13(9-7-11)22-10-14-17-18-16(23)19(14)12-4-2-1-3-5-12/h1-9,14,17H,10H2,(H,18,23)(H,20,21). The van der Waals surface area contributed by atoms with Crippen molar-refractivity contribution >= 4 is 29.0 Å². The number of carboxylic acid groups (broad SMARTS) is 1. The van der Waals surface area contributed by atoms with Crippen LogP contribution in [0.25, 0.3) is 0 Å². The number of thiocarbonyl (C=S) groups is 1. The fraction of sp³-hybridized carbons (Fsp3) is 0.125. The van der Waals surface area contributed by atoms with Gasteiger partial charge < -0.3 is 9.84 Å². The highest BCUT2D eigenvalue weighted by molar-refractivity contribution is 7.80. The Kier molecular flexibility index (Phi) is 4.40. The van der Waals surface area contributed by atoms with E-state index in [1.165, 1.54) is 12.1 Å². The van der Waals surface area contributed by atoms with Crippen molar-refractivity contribution in [3.8, 4) is 5.75 Å². The molecule has 0 radical (unpaired) electrons. The quantitative estimate of drug-likeness (QED) is 0.724. The molecule has 7 heteroatoms. The summed E-state index contributed by atoms with van der Waals surface area (Å²) in [5.41, 5.74) is 7.19. The summed E-state index contributed by atoms with van der Waals surface area (Å²) in [6.07, 6.45) is -0.163. The number of aromatic carboxylic acids is 1. The lowest BCUT2D eigenvalue weighted by Gasteiger charge is -2.24. The van der Waals surface area contributed by atoms with E-state index in [0.717, 1.165) is 5.69 Å². The third kappa shape index (κ3) is 3.41. The van der Waals surface area contributed by atoms with Gasteiger partial charge in [0.25, 0.3) is 0 Å². The van der Waals surface area contributed by atoms with Gasteiger partial charge >= 0.3 is 5.97 Å². The molecule has 118 valence electrons. The number of ether oxygens (including phenoxy) is 1. The first-order valence-electron chi connectivity index (χ1n) is 7.01. The second-order valence-electron chi connectivity index (χ2n) is 4.94. The minimum Gasteiger partial charge on any atom is -0.490 e. The number of nitrogens with zero attached hydrogens (tertiary/aromatic N) is 1. The zero-order chi connectivity index (χ0) is 16.2. The minimum absolute atomic E-state index is 0.163. The van der Waals surface area contributed by atoms with Gasteiger partial charge in [-0.15, -0.1) is 0 Å². The molecule has 1 aliphatic rings. The second-order valence-corrected chi connectivity index (χ2v) is 5.32. The second kappa shape index (κ2) is 6.64. The molecule has 1 atom stereocenters. The average molecular weight is 329 g/mol. The number of para-hydroxylation sites is 1. The van der Waals surface area contributed by atoms with Crippen molar-refractivity contribution in [1.29, 1.82) is 0 Å². The molecule has 1 saturated heterocycles. The van der Waals surface area contributed by atoms with E-state index >= 15 is 0 Å². The molecule has 2 aromatic rings. The third-order valence-corrected chi connectivity index (χ3v) is 3.72. The summed E-state index contributed by atoms with van der Waals surface area (Å²) in [6, 6.07) is 16.1. The van der Waals surface area contributed by atoms with Crippen LogP contribution in [-0.4, -0.2) is 29.0 Å². The number of hydrogen-bond donors (Lipinski definition) is 3. The predicted molar refractivity (Wildman–Crippen MR) is 90.5 cm³/mol. The van der Waals surface area contributed by atoms with Crippen molar-refractivity contribution in [3.63, 3.8) is 0 Å². The van der Waals surface area contributed by atoms with Crippen LogP contribution >= 0.6 is 12.2 Å². The number of benzene rings is 2. The molecule has 0 amide bonds. The Hall–Kier alpha value is -2.64. The summed E-state index contributed by atoms with van der Waals surface area (Å²) in [7, 11) is 0. The van der Waals surface area contributed by atoms with E-state index < -0.39 is 5.97 Å². The zero-order valence-electron chi connectivity index (χ0n) is 12.1. The molecule has 3 rings (SSSR count). The molecule has 0 spiro atoms. The summed E-state index contributed by atoms with van der Waals surface area (Å²) in [5.74, 6) is -0.360. The van der Waals surface area contributed by atoms with E-state index in [9.17, 15) is 4.79 Å². The molecule has 0 saturated carbocycles. The minimum atomic E-state index is -0.959. The maximum absolute atomic E-state index is 10.8. The van der Waals surface area contributed by atoms with Crippen LogP contribution in [0.15, 0.2) is 54.6 Å². The van der Waals surface area contributed by atoms with Crippen LogP contribution in [0.2, 0.25) is 0 Å². The van der Waals surface area contributed by atoms with Crippen LogP contribution in [0.4, 0.5) is 5.69 Å². The molecule has 6 nitrogen and oxygen atoms in total. The molecular weight excluding hydrogens is 314 g/mol. The number of hydrazine groups is 1. The van der Waals surface area contributed by atoms with Crippen molar-refractivity contribution in [2.24, 2.45) is 0 Å². The highest BCUT2D eigenvalue weighted by Crippen LogP contribution is 2.19. The predicted octanol–water partition coefficient (Wildman–Crippen LogP) is 1.99. The SMILES string of the molecule is O=C(O)c1ccc(OCC2NNC(=S)N2c2ccccc2)cc1. The lowest BCUT2D eigenvalue weighted by molar-refractivity contribution is 0.0697. The first-order valence-corrected chi connectivity index (χ1v) is 7.42. The van der Waals surface area contributed by atoms with Crippen LogP contribution in [0.5, 0.6) is 5.75 Å². The Morgan fingerprint density at radius 3 is 2.52 bits per heavy atom. The average Bonchev–Trinajstić information content (AvgIpc) is 2.95. The van der Waals surface area contributed by atoms with Gasteiger partial charge in [0, 0.05) is 5.69 Å². The maximum Gasteiger partial charge on any atom is 0.335 e. The molecule has 3 N–H and O–H groups in total. The fourth-order valence-electron chi connectivity index (χ4n) is 2.28. The number of carboxylic acids is 1. The molecule has 2 aromatic carbocycles. The Morgan fingerprint density at radius 2 is 1.87 bits per heavy atom. The van der Waals surface area contributed by atoms with E-state index in [1.807, 2.05) is 35.2 Å². The van der Waals surface area contributed by atoms with Crippen molar-refractivity contribution in [1.82, 2.24) is 10.9 Å². The Bertz CT molecular complexity index is 706. The van der Waals surface area contributed by atoms with Crippen LogP contribution in [0, 0.1) is 0 Å². The van der Waals surface area contributed by atoms with Crippen molar-refractivity contribution in [2.45, 2.75) is 6.17 Å². The summed E-state index contributed by atoms with van der Waals surface area (Å²) < 4.78 is 5.73. The summed E-state index contributed by atoms with van der Waals surface area (Å²) in [6.45, 7) is 0.342. The van der Waals surface area contributed by atoms with Gasteiger partial charge in [-0.2, -0.15) is 0 Å². The zero-order valence-corrected chi connectivity index (χ0v) is 12.9. The van der Waals surface area contributed by atoms with Gasteiger partial charge in [0.2, 0.25) is 0 Å². The van der Waals surface area contributed by atoms with Gasteiger partial charge in [-0.1, -0.05) is 18.2 Å². The molecule has 1 heterocycles. The number of nitrogens with one attached hydrogen (secondary N) is 2. The van der Waals surface area contributed by atoms with Gasteiger partial charge in [0.1, 0.15) is 18.5 Å². The van der Waals surface area contributed by atoms with Crippen LogP contribution in [0.1, 0.15) is 10.4 Å². The molecule has 0 aromatic heterocycles. The maximum atomic E-state index is 10.8. The highest BCUT2D eigenvalue weighted by Gasteiger charge is 2.29. The van der Waals surface area contributed by atoms with E-state index in [2.05, 4.69) is 10.9 Å². The normalized spacial score (nSPS) is 17.0. The number of hydrogen-bond acceptors (Lipinski definition) is 4. The van der Waals surface area contributed by atoms with Gasteiger partial charge in [-0.05, 0) is 48.6 Å². The monoisotopic (exact) mass is 329 g/mol. The van der Waals surface area contributed by atoms with Crippen molar-refractivity contribution in [2.75, 3.05) is 11.5 Å². The van der Waals surface area contributed by atoms with Crippen molar-refractivity contribution in [3.05, 3.63) is 60.2 Å². The number of carbonyl (C=O) groups is 1. The number of anilines is 1. The Labute approximate surface area is 138 Å². The van der Waals surface area contributed by atoms with E-state index in [1.54, 1.807) is 12.1 Å².